The van der Waals surface area contributed by atoms with Gasteiger partial charge in [-0.05, 0) is 49.1 Å². The largest absolute Gasteiger partial charge is 0.496 e. The second-order valence-electron chi connectivity index (χ2n) is 8.86. The van der Waals surface area contributed by atoms with Gasteiger partial charge in [-0.15, -0.1) is 0 Å². The highest BCUT2D eigenvalue weighted by molar-refractivity contribution is 7.93. The molecule has 1 N–H and O–H groups in total. The van der Waals surface area contributed by atoms with Crippen molar-refractivity contribution in [1.29, 1.82) is 0 Å². The Hall–Kier alpha value is -3.73. The lowest BCUT2D eigenvalue weighted by Gasteiger charge is -2.28. The molecule has 2 aliphatic rings. The molecule has 4 aromatic rings. The van der Waals surface area contributed by atoms with Crippen LogP contribution in [0, 0.1) is 0 Å². The number of methoxy groups -OCH3 is 2. The van der Waals surface area contributed by atoms with Crippen molar-refractivity contribution in [2.24, 2.45) is 0 Å². The highest BCUT2D eigenvalue weighted by Crippen LogP contribution is 2.58. The lowest BCUT2D eigenvalue weighted by Crippen LogP contribution is -2.24. The van der Waals surface area contributed by atoms with E-state index in [1.54, 1.807) is 23.0 Å². The minimum absolute atomic E-state index is 0.00108. The van der Waals surface area contributed by atoms with Crippen LogP contribution in [0.1, 0.15) is 30.4 Å². The van der Waals surface area contributed by atoms with Crippen molar-refractivity contribution in [3.63, 3.8) is 0 Å². The number of ether oxygens (including phenoxy) is 3. The maximum atomic E-state index is 13.7. The van der Waals surface area contributed by atoms with Crippen LogP contribution in [-0.4, -0.2) is 44.2 Å². The van der Waals surface area contributed by atoms with Crippen LogP contribution in [0.25, 0.3) is 11.0 Å². The number of fused-ring (bicyclic) bond motifs is 3. The summed E-state index contributed by atoms with van der Waals surface area (Å²) in [6.45, 7) is 0.954. The molecule has 6 rings (SSSR count). The van der Waals surface area contributed by atoms with E-state index in [9.17, 15) is 8.42 Å². The highest BCUT2D eigenvalue weighted by Gasteiger charge is 2.49. The molecule has 1 fully saturated rings. The molecule has 2 aromatic carbocycles. The van der Waals surface area contributed by atoms with Crippen molar-refractivity contribution in [2.45, 2.75) is 36.1 Å². The van der Waals surface area contributed by atoms with Gasteiger partial charge in [0, 0.05) is 23.4 Å². The lowest BCUT2D eigenvalue weighted by atomic mass is 9.90. The molecule has 0 saturated heterocycles. The molecule has 0 radical (unpaired) electrons. The molecular weight excluding hydrogens is 472 g/mol. The third-order valence-corrected chi connectivity index (χ3v) is 8.16. The molecule has 35 heavy (non-hydrogen) atoms. The first-order chi connectivity index (χ1) is 16.9. The van der Waals surface area contributed by atoms with Gasteiger partial charge in [-0.3, -0.25) is 9.40 Å². The van der Waals surface area contributed by atoms with E-state index in [0.29, 0.717) is 35.6 Å². The molecule has 0 bridgehead atoms. The van der Waals surface area contributed by atoms with E-state index < -0.39 is 10.0 Å². The third kappa shape index (κ3) is 3.57. The molecule has 2 aromatic heterocycles. The third-order valence-electron chi connectivity index (χ3n) is 6.77. The summed E-state index contributed by atoms with van der Waals surface area (Å²) in [5.74, 6) is 1.01. The minimum atomic E-state index is -4.15. The maximum absolute atomic E-state index is 13.7. The quantitative estimate of drug-likeness (QED) is 0.412. The zero-order valence-electron chi connectivity index (χ0n) is 19.3. The summed E-state index contributed by atoms with van der Waals surface area (Å²) in [6.07, 6.45) is 6.47. The Morgan fingerprint density at radius 3 is 2.69 bits per heavy atom. The van der Waals surface area contributed by atoms with Gasteiger partial charge >= 0.3 is 0 Å². The second kappa shape index (κ2) is 7.91. The fourth-order valence-corrected chi connectivity index (χ4v) is 6.17. The molecule has 1 aliphatic heterocycles. The van der Waals surface area contributed by atoms with E-state index in [1.165, 1.54) is 14.2 Å². The first kappa shape index (κ1) is 21.8. The molecule has 0 unspecified atom stereocenters. The first-order valence-electron chi connectivity index (χ1n) is 11.2. The lowest BCUT2D eigenvalue weighted by molar-refractivity contribution is 0.250. The van der Waals surface area contributed by atoms with Gasteiger partial charge < -0.3 is 18.7 Å². The summed E-state index contributed by atoms with van der Waals surface area (Å²) in [6, 6.07) is 9.03. The highest BCUT2D eigenvalue weighted by atomic mass is 32.2. The number of nitrogens with zero attached hydrogens (tertiary/aromatic N) is 3. The maximum Gasteiger partial charge on any atom is 0.270 e. The Labute approximate surface area is 201 Å². The Morgan fingerprint density at radius 2 is 1.97 bits per heavy atom. The van der Waals surface area contributed by atoms with Gasteiger partial charge in [0.2, 0.25) is 0 Å². The normalized spacial score (nSPS) is 16.1. The van der Waals surface area contributed by atoms with Crippen LogP contribution < -0.4 is 18.9 Å². The summed E-state index contributed by atoms with van der Waals surface area (Å²) in [5.41, 5.74) is 2.17. The molecule has 11 heteroatoms. The molecule has 1 aliphatic carbocycles. The predicted octanol–water partition coefficient (Wildman–Crippen LogP) is 3.70. The fraction of sp³-hybridized carbons (Fsp3) is 0.333. The summed E-state index contributed by atoms with van der Waals surface area (Å²) in [7, 11) is -1.20. The summed E-state index contributed by atoms with van der Waals surface area (Å²) in [5, 5.41) is 8.65. The van der Waals surface area contributed by atoms with Crippen LogP contribution in [0.5, 0.6) is 17.2 Å². The van der Waals surface area contributed by atoms with Crippen molar-refractivity contribution in [2.75, 3.05) is 25.5 Å². The van der Waals surface area contributed by atoms with E-state index >= 15 is 0 Å². The van der Waals surface area contributed by atoms with Crippen LogP contribution in [-0.2, 0) is 22.0 Å². The molecule has 3 heterocycles. The standard InChI is InChI=1S/C24H24N4O6S/c1-31-17-5-4-16-21(33-11-8-24(16)6-7-24)22(17)35(29,30)27-23-20-18(32-2)12-15(13-19(20)34-26-23)14-28-10-3-9-25-28/h3-5,9-10,12-13H,6-8,11,14H2,1-2H3,(H,26,27). The SMILES string of the molecule is COc1ccc2c(c1S(=O)(=O)Nc1noc3cc(Cn4cccn4)cc(OC)c13)OCCC21CC1. The zero-order chi connectivity index (χ0) is 24.2. The van der Waals surface area contributed by atoms with E-state index in [2.05, 4.69) is 15.0 Å². The number of aromatic nitrogens is 3. The Kier molecular flexibility index (Phi) is 4.92. The van der Waals surface area contributed by atoms with E-state index in [-0.39, 0.29) is 21.9 Å². The molecule has 182 valence electrons. The van der Waals surface area contributed by atoms with Crippen LogP contribution >= 0.6 is 0 Å². The van der Waals surface area contributed by atoms with Crippen LogP contribution in [0.4, 0.5) is 5.82 Å². The number of hydrogen-bond acceptors (Lipinski definition) is 8. The number of rotatable bonds is 7. The van der Waals surface area contributed by atoms with Gasteiger partial charge in [0.1, 0.15) is 22.6 Å². The zero-order valence-corrected chi connectivity index (χ0v) is 20.1. The van der Waals surface area contributed by atoms with Gasteiger partial charge in [0.25, 0.3) is 10.0 Å². The van der Waals surface area contributed by atoms with Crippen molar-refractivity contribution in [3.8, 4) is 17.2 Å². The Bertz CT molecular complexity index is 1520. The molecule has 10 nitrogen and oxygen atoms in total. The van der Waals surface area contributed by atoms with Crippen LogP contribution in [0.2, 0.25) is 0 Å². The smallest absolute Gasteiger partial charge is 0.270 e. The first-order valence-corrected chi connectivity index (χ1v) is 12.7. The van der Waals surface area contributed by atoms with Gasteiger partial charge in [0.15, 0.2) is 16.3 Å². The van der Waals surface area contributed by atoms with E-state index in [0.717, 1.165) is 30.4 Å². The Morgan fingerprint density at radius 1 is 1.14 bits per heavy atom. The average Bonchev–Trinajstić information content (AvgIpc) is 3.23. The van der Waals surface area contributed by atoms with Gasteiger partial charge in [-0.1, -0.05) is 11.2 Å². The Balaban J connectivity index is 1.41. The molecule has 1 saturated carbocycles. The van der Waals surface area contributed by atoms with Crippen molar-refractivity contribution >= 4 is 26.8 Å². The minimum Gasteiger partial charge on any atom is -0.496 e. The molecular formula is C24H24N4O6S. The molecule has 0 atom stereocenters. The summed E-state index contributed by atoms with van der Waals surface area (Å²) < 4.78 is 54.1. The monoisotopic (exact) mass is 496 g/mol. The molecule has 0 amide bonds. The molecule has 1 spiro atoms. The summed E-state index contributed by atoms with van der Waals surface area (Å²) in [4.78, 5) is -0.0334. The van der Waals surface area contributed by atoms with E-state index in [4.69, 9.17) is 18.7 Å². The van der Waals surface area contributed by atoms with Gasteiger partial charge in [0.05, 0.1) is 27.4 Å². The average molecular weight is 497 g/mol. The van der Waals surface area contributed by atoms with Crippen molar-refractivity contribution < 1.29 is 27.2 Å². The van der Waals surface area contributed by atoms with Crippen LogP contribution in [0.15, 0.2) is 52.1 Å². The van der Waals surface area contributed by atoms with Crippen molar-refractivity contribution in [1.82, 2.24) is 14.9 Å². The number of nitrogens with one attached hydrogen (secondary N) is 1. The van der Waals surface area contributed by atoms with Gasteiger partial charge in [-0.2, -0.15) is 5.10 Å². The summed E-state index contributed by atoms with van der Waals surface area (Å²) >= 11 is 0. The fourth-order valence-electron chi connectivity index (χ4n) is 4.85. The number of benzene rings is 2. The van der Waals surface area contributed by atoms with Crippen molar-refractivity contribution in [3.05, 3.63) is 53.9 Å². The van der Waals surface area contributed by atoms with Crippen LogP contribution in [0.3, 0.4) is 0 Å². The predicted molar refractivity (Wildman–Crippen MR) is 127 cm³/mol. The van der Waals surface area contributed by atoms with Gasteiger partial charge in [-0.25, -0.2) is 8.42 Å². The topological polar surface area (TPSA) is 118 Å². The second-order valence-corrected chi connectivity index (χ2v) is 10.5. The number of sulfonamides is 1. The van der Waals surface area contributed by atoms with E-state index in [1.807, 2.05) is 24.4 Å². The number of anilines is 1. The number of hydrogen-bond donors (Lipinski definition) is 1.